The van der Waals surface area contributed by atoms with Crippen LogP contribution < -0.4 is 4.74 Å². The summed E-state index contributed by atoms with van der Waals surface area (Å²) in [4.78, 5) is 2.61. The van der Waals surface area contributed by atoms with Gasteiger partial charge in [-0.25, -0.2) is 13.4 Å². The molecule has 0 aliphatic carbocycles. The second-order valence-corrected chi connectivity index (χ2v) is 6.53. The Balaban J connectivity index is 3.30. The lowest BCUT2D eigenvalue weighted by Gasteiger charge is -2.11. The Kier molecular flexibility index (Phi) is 4.37. The zero-order valence-electron chi connectivity index (χ0n) is 7.43. The number of ether oxygens (including phenoxy) is 1. The quantitative estimate of drug-likeness (QED) is 0.543. The van der Waals surface area contributed by atoms with Gasteiger partial charge in [-0.2, -0.15) is 0 Å². The first kappa shape index (κ1) is 15.1. The lowest BCUT2D eigenvalue weighted by atomic mass is 10.5. The van der Waals surface area contributed by atoms with Crippen molar-refractivity contribution in [3.63, 3.8) is 0 Å². The average molecular weight is 422 g/mol. The molecule has 0 atom stereocenters. The fourth-order valence-corrected chi connectivity index (χ4v) is 2.90. The molecule has 0 unspecified atom stereocenters. The van der Waals surface area contributed by atoms with E-state index in [1.54, 1.807) is 0 Å². The van der Waals surface area contributed by atoms with Gasteiger partial charge in [0.2, 0.25) is 5.88 Å². The molecule has 0 aliphatic rings. The molecule has 0 aliphatic heterocycles. The summed E-state index contributed by atoms with van der Waals surface area (Å²) in [6, 6.07) is 0. The van der Waals surface area contributed by atoms with Crippen LogP contribution in [0.2, 0.25) is 5.02 Å². The maximum absolute atomic E-state index is 11.9. The van der Waals surface area contributed by atoms with E-state index >= 15 is 0 Å². The summed E-state index contributed by atoms with van der Waals surface area (Å²) in [6.45, 7) is 0. The van der Waals surface area contributed by atoms with E-state index in [-0.39, 0.29) is 3.57 Å². The highest BCUT2D eigenvalue weighted by Gasteiger charge is 2.34. The van der Waals surface area contributed by atoms with Gasteiger partial charge in [0.25, 0.3) is 9.05 Å². The van der Waals surface area contributed by atoms with Crippen molar-refractivity contribution in [1.82, 2.24) is 4.98 Å². The van der Waals surface area contributed by atoms with Crippen LogP contribution in [0, 0.1) is 3.57 Å². The number of alkyl halides is 3. The van der Waals surface area contributed by atoms with Crippen LogP contribution >= 0.6 is 44.9 Å². The fraction of sp³-hybridized carbons (Fsp3) is 0.167. The van der Waals surface area contributed by atoms with Gasteiger partial charge in [0.1, 0.15) is 4.90 Å². The van der Waals surface area contributed by atoms with Crippen molar-refractivity contribution in [2.75, 3.05) is 0 Å². The monoisotopic (exact) mass is 421 g/mol. The van der Waals surface area contributed by atoms with Crippen LogP contribution in [0.4, 0.5) is 13.2 Å². The van der Waals surface area contributed by atoms with Gasteiger partial charge in [-0.05, 0) is 22.6 Å². The maximum atomic E-state index is 11.9. The Morgan fingerprint density at radius 3 is 2.35 bits per heavy atom. The third-order valence-electron chi connectivity index (χ3n) is 1.37. The van der Waals surface area contributed by atoms with Crippen molar-refractivity contribution in [3.05, 3.63) is 14.8 Å². The highest BCUT2D eigenvalue weighted by molar-refractivity contribution is 14.1. The van der Waals surface area contributed by atoms with E-state index in [0.717, 1.165) is 0 Å². The van der Waals surface area contributed by atoms with Crippen LogP contribution in [0.5, 0.6) is 5.88 Å². The van der Waals surface area contributed by atoms with Crippen molar-refractivity contribution in [3.8, 4) is 5.88 Å². The topological polar surface area (TPSA) is 56.3 Å². The van der Waals surface area contributed by atoms with E-state index in [1.807, 2.05) is 0 Å². The van der Waals surface area contributed by atoms with Crippen molar-refractivity contribution in [1.29, 1.82) is 0 Å². The Hall–Kier alpha value is -0.000000000000000278. The van der Waals surface area contributed by atoms with E-state index < -0.39 is 31.2 Å². The number of hydrogen-bond donors (Lipinski definition) is 0. The molecule has 0 radical (unpaired) electrons. The Morgan fingerprint density at radius 2 is 1.94 bits per heavy atom. The van der Waals surface area contributed by atoms with Gasteiger partial charge < -0.3 is 4.74 Å². The summed E-state index contributed by atoms with van der Waals surface area (Å²) in [5.74, 6) is -0.841. The van der Waals surface area contributed by atoms with Crippen LogP contribution in [0.25, 0.3) is 0 Å². The number of rotatable bonds is 2. The molecule has 0 spiro atoms. The normalized spacial score (nSPS) is 12.6. The minimum atomic E-state index is -4.95. The number of halogens is 6. The van der Waals surface area contributed by atoms with Gasteiger partial charge in [0.15, 0.2) is 0 Å². The third kappa shape index (κ3) is 4.00. The van der Waals surface area contributed by atoms with E-state index in [4.69, 9.17) is 22.3 Å². The lowest BCUT2D eigenvalue weighted by Crippen LogP contribution is -2.19. The molecular weight excluding hydrogens is 421 g/mol. The first-order valence-corrected chi connectivity index (χ1v) is 7.33. The molecule has 0 aromatic carbocycles. The van der Waals surface area contributed by atoms with Gasteiger partial charge in [-0.3, -0.25) is 0 Å². The predicted octanol–water partition coefficient (Wildman–Crippen LogP) is 3.17. The number of pyridine rings is 1. The summed E-state index contributed by atoms with van der Waals surface area (Å²) in [5.41, 5.74) is 0. The largest absolute Gasteiger partial charge is 0.574 e. The van der Waals surface area contributed by atoms with Gasteiger partial charge in [-0.15, -0.1) is 13.2 Å². The highest BCUT2D eigenvalue weighted by atomic mass is 127. The Morgan fingerprint density at radius 1 is 1.41 bits per heavy atom. The first-order valence-electron chi connectivity index (χ1n) is 3.57. The van der Waals surface area contributed by atoms with Crippen LogP contribution in [0.3, 0.4) is 0 Å². The summed E-state index contributed by atoms with van der Waals surface area (Å²) in [6.07, 6.45) is -4.36. The second kappa shape index (κ2) is 4.94. The van der Waals surface area contributed by atoms with Gasteiger partial charge >= 0.3 is 6.36 Å². The van der Waals surface area contributed by atoms with Crippen molar-refractivity contribution in [2.45, 2.75) is 11.3 Å². The zero-order chi connectivity index (χ0) is 13.4. The standard InChI is InChI=1S/C6HCl2F3INO3S/c7-3-2(17(8,14)15)1-13-5(4(3)12)16-6(9,10)11/h1H. The molecule has 4 nitrogen and oxygen atoms in total. The lowest BCUT2D eigenvalue weighted by molar-refractivity contribution is -0.276. The molecular formula is C6HCl2F3INO3S. The first-order chi connectivity index (χ1) is 7.52. The second-order valence-electron chi connectivity index (χ2n) is 2.54. The third-order valence-corrected chi connectivity index (χ3v) is 4.53. The summed E-state index contributed by atoms with van der Waals surface area (Å²) < 4.78 is 61.0. The Labute approximate surface area is 117 Å². The van der Waals surface area contributed by atoms with Crippen LogP contribution in [-0.2, 0) is 9.05 Å². The van der Waals surface area contributed by atoms with Crippen molar-refractivity contribution in [2.24, 2.45) is 0 Å². The molecule has 0 saturated heterocycles. The minimum Gasteiger partial charge on any atom is -0.387 e. The van der Waals surface area contributed by atoms with Crippen LogP contribution in [0.15, 0.2) is 11.1 Å². The molecule has 0 fully saturated rings. The number of nitrogens with zero attached hydrogens (tertiary/aromatic N) is 1. The van der Waals surface area contributed by atoms with E-state index in [1.165, 1.54) is 22.6 Å². The van der Waals surface area contributed by atoms with Crippen molar-refractivity contribution >= 4 is 53.9 Å². The van der Waals surface area contributed by atoms with E-state index in [2.05, 4.69) is 9.72 Å². The molecule has 0 amide bonds. The van der Waals surface area contributed by atoms with Gasteiger partial charge in [-0.1, -0.05) is 11.6 Å². The fourth-order valence-electron chi connectivity index (χ4n) is 0.783. The molecule has 0 saturated carbocycles. The highest BCUT2D eigenvalue weighted by Crippen LogP contribution is 2.35. The average Bonchev–Trinajstić information content (AvgIpc) is 2.08. The summed E-state index contributed by atoms with van der Waals surface area (Å²) >= 11 is 6.92. The smallest absolute Gasteiger partial charge is 0.387 e. The molecule has 17 heavy (non-hydrogen) atoms. The maximum Gasteiger partial charge on any atom is 0.574 e. The SMILES string of the molecule is O=S(=O)(Cl)c1cnc(OC(F)(F)F)c(I)c1Cl. The molecule has 96 valence electrons. The van der Waals surface area contributed by atoms with Gasteiger partial charge in [0, 0.05) is 10.7 Å². The number of hydrogen-bond acceptors (Lipinski definition) is 4. The van der Waals surface area contributed by atoms with Crippen LogP contribution in [0.1, 0.15) is 0 Å². The zero-order valence-corrected chi connectivity index (χ0v) is 11.9. The van der Waals surface area contributed by atoms with E-state index in [9.17, 15) is 21.6 Å². The van der Waals surface area contributed by atoms with Crippen LogP contribution in [-0.4, -0.2) is 19.8 Å². The van der Waals surface area contributed by atoms with Crippen molar-refractivity contribution < 1.29 is 26.3 Å². The predicted molar refractivity (Wildman–Crippen MR) is 61.7 cm³/mol. The molecule has 1 aromatic heterocycles. The number of aromatic nitrogens is 1. The molecule has 0 N–H and O–H groups in total. The minimum absolute atomic E-state index is 0.302. The molecule has 1 rings (SSSR count). The summed E-state index contributed by atoms with van der Waals surface area (Å²) in [7, 11) is 0.822. The van der Waals surface area contributed by atoms with E-state index in [0.29, 0.717) is 6.20 Å². The molecule has 1 heterocycles. The Bertz CT molecular complexity index is 548. The molecule has 11 heteroatoms. The summed E-state index contributed by atoms with van der Waals surface area (Å²) in [5, 5.41) is -0.477. The molecule has 0 bridgehead atoms. The van der Waals surface area contributed by atoms with Gasteiger partial charge in [0.05, 0.1) is 14.8 Å². The molecule has 1 aromatic rings.